The lowest BCUT2D eigenvalue weighted by atomic mass is 10.1. The molecule has 1 saturated carbocycles. The second-order valence-electron chi connectivity index (χ2n) is 10.4. The van der Waals surface area contributed by atoms with Crippen LogP contribution in [0.15, 0.2) is 87.2 Å². The molecule has 0 spiro atoms. The molecule has 0 saturated heterocycles. The Labute approximate surface area is 270 Å². The second kappa shape index (κ2) is 12.8. The summed E-state index contributed by atoms with van der Waals surface area (Å²) in [7, 11) is 1.50. The van der Waals surface area contributed by atoms with Crippen molar-refractivity contribution < 1.29 is 9.18 Å². The van der Waals surface area contributed by atoms with Crippen molar-refractivity contribution in [3.8, 4) is 5.69 Å². The first-order valence-electron chi connectivity index (χ1n) is 13.7. The summed E-state index contributed by atoms with van der Waals surface area (Å²) in [5, 5.41) is 6.52. The predicted octanol–water partition coefficient (Wildman–Crippen LogP) is 6.28. The molecule has 1 amide bonds. The van der Waals surface area contributed by atoms with E-state index in [1.807, 2.05) is 52.9 Å². The van der Waals surface area contributed by atoms with Crippen molar-refractivity contribution in [2.45, 2.75) is 32.7 Å². The van der Waals surface area contributed by atoms with Crippen LogP contribution in [0.2, 0.25) is 5.02 Å². The van der Waals surface area contributed by atoms with Gasteiger partial charge in [-0.25, -0.2) is 9.18 Å². The molecular weight excluding hydrogens is 700 g/mol. The number of anilines is 3. The van der Waals surface area contributed by atoms with Gasteiger partial charge in [-0.2, -0.15) is 0 Å². The van der Waals surface area contributed by atoms with Crippen molar-refractivity contribution in [3.63, 3.8) is 0 Å². The van der Waals surface area contributed by atoms with E-state index < -0.39 is 22.6 Å². The Hall–Kier alpha value is -4.23. The standard InChI is InChI=1S/C26H23FIN5O4.C6H5Cl/c1-13-22-21(23(31(3)24(13)35)30-20-10-7-15(28)11-19(20)27)25(36)33(17-8-9-17)26(37)32(22)18-6-4-5-16(12-18)29-14(2)34;7-6-4-2-1-3-5-6/h4-7,10-12,17,30H,8-9H2,1-3H3,(H,29,34);1-5H. The lowest BCUT2D eigenvalue weighted by Crippen LogP contribution is -2.41. The molecule has 6 rings (SSSR count). The van der Waals surface area contributed by atoms with E-state index in [1.165, 1.54) is 39.8 Å². The number of nitrogens with zero attached hydrogens (tertiary/aromatic N) is 3. The Kier molecular flexibility index (Phi) is 9.07. The molecule has 2 heterocycles. The van der Waals surface area contributed by atoms with Gasteiger partial charge in [0.15, 0.2) is 0 Å². The van der Waals surface area contributed by atoms with Crippen molar-refractivity contribution in [2.24, 2.45) is 7.05 Å². The van der Waals surface area contributed by atoms with Gasteiger partial charge in [-0.3, -0.25) is 28.1 Å². The van der Waals surface area contributed by atoms with Crippen LogP contribution >= 0.6 is 34.2 Å². The highest BCUT2D eigenvalue weighted by Crippen LogP contribution is 2.34. The smallest absolute Gasteiger partial charge is 0.336 e. The number of carbonyl (C=O) groups excluding carboxylic acids is 1. The lowest BCUT2D eigenvalue weighted by Gasteiger charge is -2.21. The molecular formula is C32H28ClFIN5O4. The van der Waals surface area contributed by atoms with E-state index in [1.54, 1.807) is 37.3 Å². The molecule has 5 aromatic rings. The van der Waals surface area contributed by atoms with Crippen LogP contribution in [0.3, 0.4) is 0 Å². The molecule has 2 N–H and O–H groups in total. The van der Waals surface area contributed by atoms with E-state index in [0.717, 1.165) is 5.02 Å². The zero-order valence-corrected chi connectivity index (χ0v) is 26.9. The SMILES string of the molecule is CC(=O)Nc1cccc(-n2c(=O)n(C3CC3)c(=O)c3c(Nc4ccc(I)cc4F)n(C)c(=O)c(C)c32)c1.Clc1ccccc1. The maximum absolute atomic E-state index is 14.8. The monoisotopic (exact) mass is 727 g/mol. The Balaban J connectivity index is 0.000000484. The fraction of sp³-hybridized carbons (Fsp3) is 0.188. The number of hydrogen-bond acceptors (Lipinski definition) is 5. The average molecular weight is 728 g/mol. The van der Waals surface area contributed by atoms with Crippen molar-refractivity contribution in [2.75, 3.05) is 10.6 Å². The number of aryl methyl sites for hydroxylation is 1. The predicted molar refractivity (Wildman–Crippen MR) is 180 cm³/mol. The van der Waals surface area contributed by atoms with Gasteiger partial charge in [-0.1, -0.05) is 35.9 Å². The third kappa shape index (κ3) is 6.34. The Morgan fingerprint density at radius 2 is 1.68 bits per heavy atom. The van der Waals surface area contributed by atoms with Gasteiger partial charge in [-0.05, 0) is 90.9 Å². The first kappa shape index (κ1) is 31.2. The van der Waals surface area contributed by atoms with E-state index in [4.69, 9.17) is 11.6 Å². The van der Waals surface area contributed by atoms with Crippen LogP contribution in [0.25, 0.3) is 16.6 Å². The highest BCUT2D eigenvalue weighted by Gasteiger charge is 2.31. The molecule has 9 nitrogen and oxygen atoms in total. The van der Waals surface area contributed by atoms with Crippen molar-refractivity contribution in [1.29, 1.82) is 0 Å². The fourth-order valence-electron chi connectivity index (χ4n) is 4.91. The van der Waals surface area contributed by atoms with Crippen molar-refractivity contribution >= 4 is 68.2 Å². The van der Waals surface area contributed by atoms with E-state index in [-0.39, 0.29) is 39.9 Å². The number of nitrogens with one attached hydrogen (secondary N) is 2. The summed E-state index contributed by atoms with van der Waals surface area (Å²) < 4.78 is 19.3. The lowest BCUT2D eigenvalue weighted by molar-refractivity contribution is -0.114. The van der Waals surface area contributed by atoms with Gasteiger partial charge < -0.3 is 10.6 Å². The Bertz CT molecular complexity index is 2090. The fourth-order valence-corrected chi connectivity index (χ4v) is 5.51. The third-order valence-corrected chi connectivity index (χ3v) is 8.02. The van der Waals surface area contributed by atoms with Crippen molar-refractivity contribution in [3.05, 3.63) is 124 Å². The molecule has 2 aromatic heterocycles. The maximum atomic E-state index is 14.8. The molecule has 1 fully saturated rings. The number of amides is 1. The van der Waals surface area contributed by atoms with Gasteiger partial charge in [0.05, 0.1) is 16.9 Å². The van der Waals surface area contributed by atoms with Crippen LogP contribution < -0.4 is 27.4 Å². The van der Waals surface area contributed by atoms with Gasteiger partial charge >= 0.3 is 5.69 Å². The normalized spacial score (nSPS) is 12.4. The first-order valence-corrected chi connectivity index (χ1v) is 15.1. The molecule has 0 radical (unpaired) electrons. The number of pyridine rings is 1. The summed E-state index contributed by atoms with van der Waals surface area (Å²) in [6.45, 7) is 2.92. The number of fused-ring (bicyclic) bond motifs is 1. The molecule has 226 valence electrons. The molecule has 12 heteroatoms. The number of halogens is 3. The summed E-state index contributed by atoms with van der Waals surface area (Å²) in [6.07, 6.45) is 1.34. The van der Waals surface area contributed by atoms with Crippen LogP contribution in [-0.2, 0) is 11.8 Å². The van der Waals surface area contributed by atoms with Crippen molar-refractivity contribution in [1.82, 2.24) is 13.7 Å². The molecule has 1 aliphatic rings. The zero-order chi connectivity index (χ0) is 31.7. The number of aromatic nitrogens is 3. The minimum atomic E-state index is -0.581. The van der Waals surface area contributed by atoms with Gasteiger partial charge in [0.1, 0.15) is 17.0 Å². The molecule has 44 heavy (non-hydrogen) atoms. The molecule has 3 aromatic carbocycles. The summed E-state index contributed by atoms with van der Waals surface area (Å²) >= 11 is 7.53. The van der Waals surface area contributed by atoms with Gasteiger partial charge in [-0.15, -0.1) is 0 Å². The highest BCUT2D eigenvalue weighted by molar-refractivity contribution is 14.1. The molecule has 1 aliphatic carbocycles. The van der Waals surface area contributed by atoms with Crippen LogP contribution in [0.4, 0.5) is 21.6 Å². The number of rotatable bonds is 5. The summed E-state index contributed by atoms with van der Waals surface area (Å²) in [5.41, 5.74) is -0.351. The Morgan fingerprint density at radius 1 is 0.977 bits per heavy atom. The second-order valence-corrected chi connectivity index (χ2v) is 12.0. The molecule has 0 unspecified atom stereocenters. The third-order valence-electron chi connectivity index (χ3n) is 7.10. The summed E-state index contributed by atoms with van der Waals surface area (Å²) in [5.74, 6) is -0.753. The van der Waals surface area contributed by atoms with E-state index in [0.29, 0.717) is 27.8 Å². The van der Waals surface area contributed by atoms with E-state index in [9.17, 15) is 23.6 Å². The highest BCUT2D eigenvalue weighted by atomic mass is 127. The maximum Gasteiger partial charge on any atom is 0.336 e. The van der Waals surface area contributed by atoms with Gasteiger partial charge in [0.25, 0.3) is 11.1 Å². The largest absolute Gasteiger partial charge is 0.338 e. The topological polar surface area (TPSA) is 107 Å². The zero-order valence-electron chi connectivity index (χ0n) is 24.0. The molecule has 0 atom stereocenters. The molecule has 0 bridgehead atoms. The van der Waals surface area contributed by atoms with Gasteiger partial charge in [0.2, 0.25) is 5.91 Å². The quantitative estimate of drug-likeness (QED) is 0.208. The summed E-state index contributed by atoms with van der Waals surface area (Å²) in [4.78, 5) is 52.6. The minimum Gasteiger partial charge on any atom is -0.338 e. The number of benzene rings is 3. The van der Waals surface area contributed by atoms with E-state index in [2.05, 4.69) is 10.6 Å². The molecule has 0 aliphatic heterocycles. The number of carbonyl (C=O) groups is 1. The minimum absolute atomic E-state index is 0.0804. The number of hydrogen-bond donors (Lipinski definition) is 2. The van der Waals surface area contributed by atoms with E-state index >= 15 is 0 Å². The van der Waals surface area contributed by atoms with Gasteiger partial charge in [0, 0.05) is 39.9 Å². The average Bonchev–Trinajstić information content (AvgIpc) is 3.81. The summed E-state index contributed by atoms with van der Waals surface area (Å²) in [6, 6.07) is 20.4. The first-order chi connectivity index (χ1) is 21.0. The van der Waals surface area contributed by atoms with Crippen LogP contribution in [0.1, 0.15) is 31.4 Å². The van der Waals surface area contributed by atoms with Crippen LogP contribution in [-0.4, -0.2) is 19.6 Å². The van der Waals surface area contributed by atoms with Crippen LogP contribution in [0, 0.1) is 16.3 Å². The Morgan fingerprint density at radius 3 is 2.27 bits per heavy atom. The van der Waals surface area contributed by atoms with Crippen LogP contribution in [0.5, 0.6) is 0 Å².